The van der Waals surface area contributed by atoms with Crippen molar-refractivity contribution in [3.8, 4) is 0 Å². The molecule has 0 aromatic carbocycles. The van der Waals surface area contributed by atoms with Crippen LogP contribution in [0.3, 0.4) is 0 Å². The Morgan fingerprint density at radius 1 is 0.478 bits per heavy atom. The molecule has 0 bridgehead atoms. The molecule has 0 saturated carbocycles. The molecule has 0 aliphatic carbocycles. The van der Waals surface area contributed by atoms with Crippen LogP contribution in [0, 0.1) is 0 Å². The summed E-state index contributed by atoms with van der Waals surface area (Å²) in [4.78, 5) is 0. The molecule has 2 N–H and O–H groups in total. The summed E-state index contributed by atoms with van der Waals surface area (Å²) in [6, 6.07) is 0. The lowest BCUT2D eigenvalue weighted by Gasteiger charge is -2.41. The van der Waals surface area contributed by atoms with Gasteiger partial charge >= 0.3 is 25.7 Å². The van der Waals surface area contributed by atoms with Crippen LogP contribution >= 0.6 is 0 Å². The van der Waals surface area contributed by atoms with Gasteiger partial charge in [-0.2, -0.15) is 0 Å². The standard InChI is InChI=1S/C12H36O6Si5/c1-19(2,11-13)15-21(5,6)17-23(9,10)18-22(7,8)16-20(3,4)12-14/h13-14H,11-12H2,1-10H3. The van der Waals surface area contributed by atoms with Crippen molar-refractivity contribution < 1.29 is 26.7 Å². The monoisotopic (exact) mass is 416 g/mol. The third-order valence-electron chi connectivity index (χ3n) is 2.79. The van der Waals surface area contributed by atoms with Crippen LogP contribution in [0.1, 0.15) is 0 Å². The Kier molecular flexibility index (Phi) is 8.32. The normalized spacial score (nSPS) is 15.1. The quantitative estimate of drug-likeness (QED) is 0.533. The van der Waals surface area contributed by atoms with Crippen molar-refractivity contribution in [3.63, 3.8) is 0 Å². The molecule has 0 amide bonds. The molecule has 0 saturated heterocycles. The molecule has 0 aliphatic heterocycles. The summed E-state index contributed by atoms with van der Waals surface area (Å²) < 4.78 is 24.9. The van der Waals surface area contributed by atoms with Gasteiger partial charge in [-0.1, -0.05) is 0 Å². The molecule has 11 heteroatoms. The summed E-state index contributed by atoms with van der Waals surface area (Å²) in [6.45, 7) is 19.9. The van der Waals surface area contributed by atoms with Crippen LogP contribution in [0.5, 0.6) is 0 Å². The second kappa shape index (κ2) is 8.03. The molecule has 0 aromatic heterocycles. The van der Waals surface area contributed by atoms with Crippen LogP contribution < -0.4 is 0 Å². The van der Waals surface area contributed by atoms with Crippen molar-refractivity contribution in [2.75, 3.05) is 12.5 Å². The predicted octanol–water partition coefficient (Wildman–Crippen LogP) is 2.63. The highest BCUT2D eigenvalue weighted by Crippen LogP contribution is 2.25. The maximum Gasteiger partial charge on any atom is 0.314 e. The predicted molar refractivity (Wildman–Crippen MR) is 106 cm³/mol. The van der Waals surface area contributed by atoms with E-state index in [0.717, 1.165) is 0 Å². The van der Waals surface area contributed by atoms with Gasteiger partial charge in [-0.25, -0.2) is 0 Å². The van der Waals surface area contributed by atoms with E-state index in [-0.39, 0.29) is 12.5 Å². The third-order valence-corrected chi connectivity index (χ3v) is 20.5. The molecule has 0 spiro atoms. The van der Waals surface area contributed by atoms with Crippen LogP contribution in [0.25, 0.3) is 0 Å². The second-order valence-electron chi connectivity index (χ2n) is 8.44. The van der Waals surface area contributed by atoms with Gasteiger partial charge in [0.2, 0.25) is 16.6 Å². The Bertz CT molecular complexity index is 352. The van der Waals surface area contributed by atoms with Crippen LogP contribution in [0.4, 0.5) is 0 Å². The topological polar surface area (TPSA) is 77.4 Å². The first kappa shape index (κ1) is 23.8. The smallest absolute Gasteiger partial charge is 0.314 e. The minimum atomic E-state index is -2.44. The average molecular weight is 417 g/mol. The van der Waals surface area contributed by atoms with Gasteiger partial charge in [0.05, 0.1) is 12.5 Å². The van der Waals surface area contributed by atoms with Crippen molar-refractivity contribution >= 4 is 42.3 Å². The van der Waals surface area contributed by atoms with Gasteiger partial charge in [-0.15, -0.1) is 0 Å². The van der Waals surface area contributed by atoms with E-state index in [4.69, 9.17) is 16.5 Å². The Morgan fingerprint density at radius 3 is 0.913 bits per heavy atom. The van der Waals surface area contributed by atoms with Gasteiger partial charge in [0.1, 0.15) is 0 Å². The van der Waals surface area contributed by atoms with E-state index in [0.29, 0.717) is 0 Å². The average Bonchev–Trinajstić information content (AvgIpc) is 2.22. The zero-order chi connectivity index (χ0) is 18.7. The van der Waals surface area contributed by atoms with Gasteiger partial charge in [-0.3, -0.25) is 0 Å². The third kappa shape index (κ3) is 10.4. The molecule has 0 aromatic rings. The van der Waals surface area contributed by atoms with Crippen LogP contribution in [0.2, 0.25) is 65.5 Å². The maximum absolute atomic E-state index is 9.45. The molecule has 0 heterocycles. The molecule has 0 fully saturated rings. The zero-order valence-electron chi connectivity index (χ0n) is 16.4. The molecule has 0 radical (unpaired) electrons. The highest BCUT2D eigenvalue weighted by molar-refractivity contribution is 6.90. The fourth-order valence-corrected chi connectivity index (χ4v) is 24.9. The Hall–Kier alpha value is 0.844. The first-order valence-electron chi connectivity index (χ1n) is 7.97. The first-order chi connectivity index (χ1) is 9.95. The molecular formula is C12H36O6Si5. The Morgan fingerprint density at radius 2 is 0.696 bits per heavy atom. The van der Waals surface area contributed by atoms with E-state index >= 15 is 0 Å². The summed E-state index contributed by atoms with van der Waals surface area (Å²) in [5, 5.41) is 18.9. The van der Waals surface area contributed by atoms with Crippen molar-refractivity contribution in [2.24, 2.45) is 0 Å². The molecule has 0 atom stereocenters. The molecule has 0 unspecified atom stereocenters. The highest BCUT2D eigenvalue weighted by Gasteiger charge is 2.45. The fraction of sp³-hybridized carbons (Fsp3) is 1.00. The van der Waals surface area contributed by atoms with E-state index in [9.17, 15) is 10.2 Å². The van der Waals surface area contributed by atoms with Crippen LogP contribution in [0.15, 0.2) is 0 Å². The Balaban J connectivity index is 4.93. The molecule has 0 aliphatic rings. The molecular weight excluding hydrogens is 381 g/mol. The van der Waals surface area contributed by atoms with Crippen molar-refractivity contribution in [2.45, 2.75) is 65.5 Å². The van der Waals surface area contributed by atoms with Crippen LogP contribution in [-0.4, -0.2) is 65.0 Å². The van der Waals surface area contributed by atoms with E-state index in [1.807, 2.05) is 65.5 Å². The summed E-state index contributed by atoms with van der Waals surface area (Å²) in [5.74, 6) is 0. The summed E-state index contributed by atoms with van der Waals surface area (Å²) in [6.07, 6.45) is 0.157. The van der Waals surface area contributed by atoms with E-state index in [1.165, 1.54) is 0 Å². The minimum absolute atomic E-state index is 0.0786. The summed E-state index contributed by atoms with van der Waals surface area (Å²) in [5.41, 5.74) is 0. The molecule has 6 nitrogen and oxygen atoms in total. The van der Waals surface area contributed by atoms with Crippen molar-refractivity contribution in [3.05, 3.63) is 0 Å². The van der Waals surface area contributed by atoms with E-state index < -0.39 is 42.3 Å². The van der Waals surface area contributed by atoms with Gasteiger partial charge in [-0.05, 0) is 65.5 Å². The fourth-order valence-electron chi connectivity index (χ4n) is 2.64. The lowest BCUT2D eigenvalue weighted by Crippen LogP contribution is -2.59. The minimum Gasteiger partial charge on any atom is -0.435 e. The summed E-state index contributed by atoms with van der Waals surface area (Å²) >= 11 is 0. The zero-order valence-corrected chi connectivity index (χ0v) is 21.4. The van der Waals surface area contributed by atoms with Gasteiger partial charge in [0, 0.05) is 0 Å². The highest BCUT2D eigenvalue weighted by atomic mass is 28.5. The van der Waals surface area contributed by atoms with Crippen molar-refractivity contribution in [1.29, 1.82) is 0 Å². The van der Waals surface area contributed by atoms with Crippen molar-refractivity contribution in [1.82, 2.24) is 0 Å². The van der Waals surface area contributed by atoms with E-state index in [1.54, 1.807) is 0 Å². The number of rotatable bonds is 10. The van der Waals surface area contributed by atoms with Gasteiger partial charge < -0.3 is 26.7 Å². The lowest BCUT2D eigenvalue weighted by molar-refractivity contribution is 0.276. The number of hydrogen-bond acceptors (Lipinski definition) is 6. The maximum atomic E-state index is 9.45. The van der Waals surface area contributed by atoms with Crippen LogP contribution in [-0.2, 0) is 16.5 Å². The largest absolute Gasteiger partial charge is 0.435 e. The van der Waals surface area contributed by atoms with E-state index in [2.05, 4.69) is 0 Å². The lowest BCUT2D eigenvalue weighted by atomic mass is 11.7. The Labute approximate surface area is 147 Å². The molecule has 23 heavy (non-hydrogen) atoms. The summed E-state index contributed by atoms with van der Waals surface area (Å²) in [7, 11) is -11.4. The first-order valence-corrected chi connectivity index (χ1v) is 22.7. The SMILES string of the molecule is C[Si](C)(CO)O[Si](C)(C)O[Si](C)(C)O[Si](C)(C)O[Si](C)(C)CO. The van der Waals surface area contributed by atoms with Gasteiger partial charge in [0.25, 0.3) is 0 Å². The molecule has 140 valence electrons. The van der Waals surface area contributed by atoms with Gasteiger partial charge in [0.15, 0.2) is 0 Å². The second-order valence-corrected chi connectivity index (χ2v) is 27.8. The number of aliphatic hydroxyl groups is 2. The number of aliphatic hydroxyl groups excluding tert-OH is 2. The molecule has 0 rings (SSSR count). The number of hydrogen-bond donors (Lipinski definition) is 2.